The number of carbonyl (C=O) groups is 3. The molecule has 2 aromatic rings. The predicted octanol–water partition coefficient (Wildman–Crippen LogP) is 3.97. The molecule has 11 heteroatoms. The summed E-state index contributed by atoms with van der Waals surface area (Å²) in [5, 5.41) is 28.7. The number of carbonyl (C=O) groups excluding carboxylic acids is 3. The van der Waals surface area contributed by atoms with Crippen molar-refractivity contribution in [1.82, 2.24) is 10.6 Å². The molecule has 3 rings (SSSR count). The van der Waals surface area contributed by atoms with Gasteiger partial charge in [-0.25, -0.2) is 0 Å². The maximum Gasteiger partial charge on any atom is 0.251 e. The SMILES string of the molecule is O=CC[C@@H](NC(=O)CNC(=O)c1cc(O)cc(NC2=NCCCCC2)c1)c1cc(Cl)cc(Cl)c1O. The Hall–Kier alpha value is -3.30. The lowest BCUT2D eigenvalue weighted by atomic mass is 10.0. The molecule has 2 amide bonds. The highest BCUT2D eigenvalue weighted by molar-refractivity contribution is 6.35. The molecule has 0 bridgehead atoms. The quantitative estimate of drug-likeness (QED) is 0.333. The number of halogens is 2. The number of aliphatic imine (C=N–C) groups is 1. The fourth-order valence-electron chi connectivity index (χ4n) is 3.68. The summed E-state index contributed by atoms with van der Waals surface area (Å²) in [6, 6.07) is 6.17. The van der Waals surface area contributed by atoms with Crippen molar-refractivity contribution in [3.05, 3.63) is 51.5 Å². The van der Waals surface area contributed by atoms with Crippen molar-refractivity contribution in [2.45, 2.75) is 38.1 Å². The molecule has 1 heterocycles. The number of aldehydes is 1. The summed E-state index contributed by atoms with van der Waals surface area (Å²) >= 11 is 11.9. The van der Waals surface area contributed by atoms with Crippen molar-refractivity contribution in [2.75, 3.05) is 18.4 Å². The van der Waals surface area contributed by atoms with E-state index in [0.29, 0.717) is 12.0 Å². The smallest absolute Gasteiger partial charge is 0.251 e. The molecule has 1 atom stereocenters. The average molecular weight is 521 g/mol. The first-order chi connectivity index (χ1) is 16.8. The molecular formula is C24H26Cl2N4O5. The van der Waals surface area contributed by atoms with Crippen LogP contribution in [0.5, 0.6) is 11.5 Å². The number of anilines is 1. The van der Waals surface area contributed by atoms with Gasteiger partial charge in [0.2, 0.25) is 5.91 Å². The number of hydrogen-bond donors (Lipinski definition) is 5. The molecule has 0 aromatic heterocycles. The zero-order valence-corrected chi connectivity index (χ0v) is 20.3. The van der Waals surface area contributed by atoms with Gasteiger partial charge in [-0.1, -0.05) is 29.6 Å². The molecule has 5 N–H and O–H groups in total. The van der Waals surface area contributed by atoms with Crippen LogP contribution in [-0.2, 0) is 9.59 Å². The first-order valence-corrected chi connectivity index (χ1v) is 11.9. The Labute approximate surface area is 212 Å². The molecule has 1 aliphatic rings. The van der Waals surface area contributed by atoms with E-state index in [2.05, 4.69) is 20.9 Å². The van der Waals surface area contributed by atoms with E-state index in [9.17, 15) is 24.6 Å². The van der Waals surface area contributed by atoms with Gasteiger partial charge in [0.25, 0.3) is 5.91 Å². The average Bonchev–Trinajstić information content (AvgIpc) is 3.08. The second-order valence-corrected chi connectivity index (χ2v) is 8.91. The first kappa shape index (κ1) is 26.3. The number of aromatic hydroxyl groups is 2. The molecule has 0 unspecified atom stereocenters. The number of phenols is 2. The van der Waals surface area contributed by atoms with Gasteiger partial charge in [0.1, 0.15) is 23.6 Å². The predicted molar refractivity (Wildman–Crippen MR) is 135 cm³/mol. The van der Waals surface area contributed by atoms with E-state index >= 15 is 0 Å². The number of phenolic OH excluding ortho intramolecular Hbond substituents is 2. The zero-order chi connectivity index (χ0) is 25.4. The van der Waals surface area contributed by atoms with E-state index in [-0.39, 0.29) is 39.1 Å². The second kappa shape index (κ2) is 12.4. The summed E-state index contributed by atoms with van der Waals surface area (Å²) in [7, 11) is 0. The van der Waals surface area contributed by atoms with E-state index in [0.717, 1.165) is 38.1 Å². The summed E-state index contributed by atoms with van der Waals surface area (Å²) in [6.07, 6.45) is 4.36. The molecule has 0 spiro atoms. The Kier molecular flexibility index (Phi) is 9.33. The molecule has 1 aliphatic heterocycles. The highest BCUT2D eigenvalue weighted by atomic mass is 35.5. The largest absolute Gasteiger partial charge is 0.508 e. The summed E-state index contributed by atoms with van der Waals surface area (Å²) in [5.74, 6) is -0.803. The van der Waals surface area contributed by atoms with Crippen molar-refractivity contribution < 1.29 is 24.6 Å². The monoisotopic (exact) mass is 520 g/mol. The number of amidine groups is 1. The van der Waals surface area contributed by atoms with Gasteiger partial charge in [-0.3, -0.25) is 14.6 Å². The third-order valence-electron chi connectivity index (χ3n) is 5.35. The Morgan fingerprint density at radius 3 is 2.66 bits per heavy atom. The third kappa shape index (κ3) is 7.60. The molecule has 0 saturated heterocycles. The van der Waals surface area contributed by atoms with Crippen LogP contribution in [0, 0.1) is 0 Å². The maximum atomic E-state index is 12.6. The molecule has 186 valence electrons. The second-order valence-electron chi connectivity index (χ2n) is 8.06. The summed E-state index contributed by atoms with van der Waals surface area (Å²) in [4.78, 5) is 40.7. The van der Waals surface area contributed by atoms with Crippen LogP contribution in [0.15, 0.2) is 35.3 Å². The van der Waals surface area contributed by atoms with Crippen LogP contribution in [0.3, 0.4) is 0 Å². The van der Waals surface area contributed by atoms with E-state index in [4.69, 9.17) is 23.2 Å². The van der Waals surface area contributed by atoms with E-state index in [1.54, 1.807) is 6.07 Å². The number of rotatable bonds is 8. The van der Waals surface area contributed by atoms with Crippen LogP contribution in [0.25, 0.3) is 0 Å². The van der Waals surface area contributed by atoms with Crippen LogP contribution in [0.2, 0.25) is 10.0 Å². The summed E-state index contributed by atoms with van der Waals surface area (Å²) in [5.41, 5.74) is 0.845. The van der Waals surface area contributed by atoms with Gasteiger partial charge in [0.15, 0.2) is 0 Å². The van der Waals surface area contributed by atoms with Crippen LogP contribution >= 0.6 is 23.2 Å². The lowest BCUT2D eigenvalue weighted by Crippen LogP contribution is -2.38. The topological polar surface area (TPSA) is 140 Å². The number of benzene rings is 2. The van der Waals surface area contributed by atoms with Crippen molar-refractivity contribution in [3.8, 4) is 11.5 Å². The number of hydrogen-bond acceptors (Lipinski definition) is 7. The van der Waals surface area contributed by atoms with E-state index < -0.39 is 24.4 Å². The van der Waals surface area contributed by atoms with Gasteiger partial charge >= 0.3 is 0 Å². The fraction of sp³-hybridized carbons (Fsp3) is 0.333. The standard InChI is InChI=1S/C24H26Cl2N4O5/c25-15-10-18(23(34)19(26)11-15)20(5-7-31)30-22(33)13-28-24(35)14-8-16(12-17(32)9-14)29-21-4-2-1-3-6-27-21/h7-12,20,32,34H,1-6,13H2,(H,27,29)(H,28,35)(H,30,33)/t20-/m1/s1. The third-order valence-corrected chi connectivity index (χ3v) is 5.86. The van der Waals surface area contributed by atoms with Gasteiger partial charge in [0.05, 0.1) is 17.6 Å². The lowest BCUT2D eigenvalue weighted by molar-refractivity contribution is -0.121. The van der Waals surface area contributed by atoms with Crippen LogP contribution in [0.4, 0.5) is 5.69 Å². The number of nitrogens with zero attached hydrogens (tertiary/aromatic N) is 1. The molecule has 35 heavy (non-hydrogen) atoms. The Morgan fingerprint density at radius 2 is 1.89 bits per heavy atom. The van der Waals surface area contributed by atoms with Crippen LogP contribution in [0.1, 0.15) is 54.1 Å². The zero-order valence-electron chi connectivity index (χ0n) is 18.8. The minimum absolute atomic E-state index is 0.0194. The van der Waals surface area contributed by atoms with E-state index in [1.165, 1.54) is 24.3 Å². The minimum Gasteiger partial charge on any atom is -0.508 e. The Balaban J connectivity index is 1.64. The van der Waals surface area contributed by atoms with Crippen LogP contribution < -0.4 is 16.0 Å². The van der Waals surface area contributed by atoms with Crippen molar-refractivity contribution >= 4 is 52.8 Å². The van der Waals surface area contributed by atoms with Gasteiger partial charge in [-0.2, -0.15) is 0 Å². The van der Waals surface area contributed by atoms with Gasteiger partial charge in [-0.15, -0.1) is 0 Å². The highest BCUT2D eigenvalue weighted by Gasteiger charge is 2.21. The van der Waals surface area contributed by atoms with Crippen molar-refractivity contribution in [2.24, 2.45) is 4.99 Å². The number of nitrogens with one attached hydrogen (secondary N) is 3. The molecule has 0 radical (unpaired) electrons. The normalized spacial score (nSPS) is 14.3. The molecular weight excluding hydrogens is 495 g/mol. The van der Waals surface area contributed by atoms with Crippen molar-refractivity contribution in [1.29, 1.82) is 0 Å². The highest BCUT2D eigenvalue weighted by Crippen LogP contribution is 2.35. The fourth-order valence-corrected chi connectivity index (χ4v) is 4.19. The van der Waals surface area contributed by atoms with E-state index in [1.807, 2.05) is 0 Å². The van der Waals surface area contributed by atoms with Gasteiger partial charge in [-0.05, 0) is 37.1 Å². The lowest BCUT2D eigenvalue weighted by Gasteiger charge is -2.19. The summed E-state index contributed by atoms with van der Waals surface area (Å²) < 4.78 is 0. The Morgan fingerprint density at radius 1 is 1.09 bits per heavy atom. The van der Waals surface area contributed by atoms with Gasteiger partial charge < -0.3 is 31.0 Å². The number of amides is 2. The first-order valence-electron chi connectivity index (χ1n) is 11.1. The Bertz CT molecular complexity index is 1140. The molecule has 2 aromatic carbocycles. The summed E-state index contributed by atoms with van der Waals surface area (Å²) in [6.45, 7) is 0.322. The van der Waals surface area contributed by atoms with Crippen molar-refractivity contribution in [3.63, 3.8) is 0 Å². The molecule has 0 aliphatic carbocycles. The maximum absolute atomic E-state index is 12.6. The minimum atomic E-state index is -0.898. The molecule has 0 saturated carbocycles. The van der Waals surface area contributed by atoms with Gasteiger partial charge in [0, 0.05) is 47.3 Å². The molecule has 0 fully saturated rings. The van der Waals surface area contributed by atoms with Crippen LogP contribution in [-0.4, -0.2) is 47.2 Å². The molecule has 9 nitrogen and oxygen atoms in total.